The Bertz CT molecular complexity index is 554. The molecule has 0 fully saturated rings. The SMILES string of the molecule is [B]c1ccc(CCCCc2ccc3c(c2)CC3)cc1. The maximum atomic E-state index is 5.69. The summed E-state index contributed by atoms with van der Waals surface area (Å²) in [6, 6.07) is 15.3. The van der Waals surface area contributed by atoms with Gasteiger partial charge in [-0.15, -0.1) is 0 Å². The minimum atomic E-state index is 0.853. The first kappa shape index (κ1) is 12.5. The van der Waals surface area contributed by atoms with E-state index in [-0.39, 0.29) is 0 Å². The van der Waals surface area contributed by atoms with Crippen LogP contribution in [0.25, 0.3) is 0 Å². The molecule has 0 nitrogen and oxygen atoms in total. The predicted octanol–water partition coefficient (Wildman–Crippen LogP) is 3.14. The van der Waals surface area contributed by atoms with E-state index in [0.29, 0.717) is 0 Å². The van der Waals surface area contributed by atoms with E-state index < -0.39 is 0 Å². The number of fused-ring (bicyclic) bond motifs is 1. The van der Waals surface area contributed by atoms with Crippen LogP contribution in [0.3, 0.4) is 0 Å². The van der Waals surface area contributed by atoms with Crippen molar-refractivity contribution in [1.29, 1.82) is 0 Å². The zero-order chi connectivity index (χ0) is 13.1. The van der Waals surface area contributed by atoms with Crippen LogP contribution in [0.2, 0.25) is 0 Å². The largest absolute Gasteiger partial charge is 0.113 e. The molecule has 0 unspecified atom stereocenters. The Balaban J connectivity index is 1.45. The lowest BCUT2D eigenvalue weighted by Gasteiger charge is -2.19. The van der Waals surface area contributed by atoms with E-state index in [1.54, 1.807) is 11.1 Å². The third-order valence-electron chi connectivity index (χ3n) is 4.09. The van der Waals surface area contributed by atoms with Crippen molar-refractivity contribution in [3.63, 3.8) is 0 Å². The fourth-order valence-corrected chi connectivity index (χ4v) is 2.75. The third kappa shape index (κ3) is 3.09. The second-order valence-corrected chi connectivity index (χ2v) is 5.55. The molecular formula is C18H19B. The van der Waals surface area contributed by atoms with Gasteiger partial charge in [-0.3, -0.25) is 0 Å². The van der Waals surface area contributed by atoms with Crippen LogP contribution in [0.4, 0.5) is 0 Å². The smallest absolute Gasteiger partial charge is 0.0967 e. The zero-order valence-electron chi connectivity index (χ0n) is 11.4. The fraction of sp³-hybridized carbons (Fsp3) is 0.333. The summed E-state index contributed by atoms with van der Waals surface area (Å²) in [4.78, 5) is 0. The molecule has 2 radical (unpaired) electrons. The summed E-state index contributed by atoms with van der Waals surface area (Å²) in [6.45, 7) is 0. The Kier molecular flexibility index (Phi) is 3.73. The van der Waals surface area contributed by atoms with Gasteiger partial charge in [-0.25, -0.2) is 0 Å². The van der Waals surface area contributed by atoms with Crippen molar-refractivity contribution in [3.8, 4) is 0 Å². The summed E-state index contributed by atoms with van der Waals surface area (Å²) in [6.07, 6.45) is 7.46. The van der Waals surface area contributed by atoms with Crippen LogP contribution >= 0.6 is 0 Å². The van der Waals surface area contributed by atoms with E-state index in [0.717, 1.165) is 11.9 Å². The Morgan fingerprint density at radius 2 is 1.37 bits per heavy atom. The van der Waals surface area contributed by atoms with Crippen LogP contribution in [-0.4, -0.2) is 7.85 Å². The molecule has 2 aromatic rings. The van der Waals surface area contributed by atoms with Gasteiger partial charge in [0.25, 0.3) is 0 Å². The number of hydrogen-bond acceptors (Lipinski definition) is 0. The standard InChI is InChI=1S/C18H19B/c19-18-11-6-14(7-12-18)3-1-2-4-15-5-8-16-9-10-17(16)13-15/h5-8,11-13H,1-4,9-10H2. The molecule has 0 aromatic heterocycles. The fourth-order valence-electron chi connectivity index (χ4n) is 2.75. The van der Waals surface area contributed by atoms with Gasteiger partial charge in [-0.05, 0) is 60.8 Å². The van der Waals surface area contributed by atoms with E-state index in [2.05, 4.69) is 30.3 Å². The van der Waals surface area contributed by atoms with Crippen LogP contribution in [-0.2, 0) is 25.7 Å². The highest BCUT2D eigenvalue weighted by molar-refractivity contribution is 6.32. The normalized spacial score (nSPS) is 12.8. The Morgan fingerprint density at radius 3 is 2.00 bits per heavy atom. The maximum Gasteiger partial charge on any atom is 0.113 e. The molecule has 0 saturated carbocycles. The lowest BCUT2D eigenvalue weighted by atomic mass is 9.86. The highest BCUT2D eigenvalue weighted by Gasteiger charge is 2.12. The van der Waals surface area contributed by atoms with Crippen LogP contribution in [0, 0.1) is 0 Å². The first-order valence-corrected chi connectivity index (χ1v) is 7.26. The summed E-state index contributed by atoms with van der Waals surface area (Å²) >= 11 is 0. The molecule has 3 rings (SSSR count). The summed E-state index contributed by atoms with van der Waals surface area (Å²) in [7, 11) is 5.69. The van der Waals surface area contributed by atoms with Crippen molar-refractivity contribution in [3.05, 3.63) is 64.7 Å². The van der Waals surface area contributed by atoms with Gasteiger partial charge in [-0.2, -0.15) is 0 Å². The van der Waals surface area contributed by atoms with E-state index in [1.165, 1.54) is 43.2 Å². The van der Waals surface area contributed by atoms with Crippen molar-refractivity contribution in [2.24, 2.45) is 0 Å². The van der Waals surface area contributed by atoms with Gasteiger partial charge < -0.3 is 0 Å². The Labute approximate surface area is 117 Å². The average molecular weight is 246 g/mol. The van der Waals surface area contributed by atoms with Gasteiger partial charge in [0.15, 0.2) is 0 Å². The van der Waals surface area contributed by atoms with E-state index in [9.17, 15) is 0 Å². The number of aryl methyl sites for hydroxylation is 4. The minimum absolute atomic E-state index is 0.853. The highest BCUT2D eigenvalue weighted by Crippen LogP contribution is 2.24. The van der Waals surface area contributed by atoms with Crippen LogP contribution in [0.15, 0.2) is 42.5 Å². The molecule has 0 N–H and O–H groups in total. The summed E-state index contributed by atoms with van der Waals surface area (Å²) < 4.78 is 0. The van der Waals surface area contributed by atoms with E-state index in [1.807, 2.05) is 12.1 Å². The first-order valence-electron chi connectivity index (χ1n) is 7.26. The molecule has 0 heterocycles. The number of rotatable bonds is 5. The molecule has 2 aromatic carbocycles. The summed E-state index contributed by atoms with van der Waals surface area (Å²) in [5, 5.41) is 0. The second kappa shape index (κ2) is 5.65. The lowest BCUT2D eigenvalue weighted by Crippen LogP contribution is -2.08. The Morgan fingerprint density at radius 1 is 0.737 bits per heavy atom. The molecule has 0 amide bonds. The van der Waals surface area contributed by atoms with Crippen molar-refractivity contribution in [2.45, 2.75) is 38.5 Å². The molecule has 0 atom stereocenters. The van der Waals surface area contributed by atoms with Crippen molar-refractivity contribution < 1.29 is 0 Å². The first-order chi connectivity index (χ1) is 9.31. The van der Waals surface area contributed by atoms with Gasteiger partial charge in [0.1, 0.15) is 7.85 Å². The predicted molar refractivity (Wildman–Crippen MR) is 82.3 cm³/mol. The molecule has 0 aliphatic heterocycles. The zero-order valence-corrected chi connectivity index (χ0v) is 11.4. The number of hydrogen-bond donors (Lipinski definition) is 0. The maximum absolute atomic E-state index is 5.69. The molecule has 0 saturated heterocycles. The summed E-state index contributed by atoms with van der Waals surface area (Å²) in [5.74, 6) is 0. The minimum Gasteiger partial charge on any atom is -0.0967 e. The molecule has 1 heteroatoms. The molecular weight excluding hydrogens is 227 g/mol. The highest BCUT2D eigenvalue weighted by atomic mass is 14.2. The Hall–Kier alpha value is -1.50. The van der Waals surface area contributed by atoms with Crippen LogP contribution in [0.5, 0.6) is 0 Å². The van der Waals surface area contributed by atoms with Gasteiger partial charge in [0.2, 0.25) is 0 Å². The van der Waals surface area contributed by atoms with E-state index in [4.69, 9.17) is 7.85 Å². The molecule has 19 heavy (non-hydrogen) atoms. The molecule has 94 valence electrons. The monoisotopic (exact) mass is 246 g/mol. The topological polar surface area (TPSA) is 0 Å². The average Bonchev–Trinajstić information content (AvgIpc) is 2.39. The van der Waals surface area contributed by atoms with Crippen molar-refractivity contribution in [2.75, 3.05) is 0 Å². The van der Waals surface area contributed by atoms with Gasteiger partial charge >= 0.3 is 0 Å². The number of unbranched alkanes of at least 4 members (excludes halogenated alkanes) is 1. The van der Waals surface area contributed by atoms with Crippen LogP contribution in [0.1, 0.15) is 35.1 Å². The van der Waals surface area contributed by atoms with Gasteiger partial charge in [-0.1, -0.05) is 47.9 Å². The van der Waals surface area contributed by atoms with Crippen LogP contribution < -0.4 is 5.46 Å². The molecule has 1 aliphatic carbocycles. The second-order valence-electron chi connectivity index (χ2n) is 5.55. The van der Waals surface area contributed by atoms with Gasteiger partial charge in [0, 0.05) is 0 Å². The molecule has 0 bridgehead atoms. The number of benzene rings is 2. The molecule has 1 aliphatic rings. The van der Waals surface area contributed by atoms with E-state index >= 15 is 0 Å². The lowest BCUT2D eigenvalue weighted by molar-refractivity contribution is 0.730. The van der Waals surface area contributed by atoms with Crippen molar-refractivity contribution in [1.82, 2.24) is 0 Å². The van der Waals surface area contributed by atoms with Gasteiger partial charge in [0.05, 0.1) is 0 Å². The summed E-state index contributed by atoms with van der Waals surface area (Å²) in [5.41, 5.74) is 6.90. The molecule has 0 spiro atoms. The quantitative estimate of drug-likeness (QED) is 0.561. The van der Waals surface area contributed by atoms with Crippen molar-refractivity contribution >= 4 is 13.3 Å². The third-order valence-corrected chi connectivity index (χ3v) is 4.09.